The molecule has 2 saturated heterocycles. The molecular weight excluding hydrogens is 406 g/mol. The fraction of sp³-hybridized carbons (Fsp3) is 0.688. The second-order valence-electron chi connectivity index (χ2n) is 7.50. The number of H-pyrrole nitrogens is 1. The van der Waals surface area contributed by atoms with Gasteiger partial charge in [-0.3, -0.25) is 14.3 Å². The second-order valence-corrected chi connectivity index (χ2v) is 7.50. The van der Waals surface area contributed by atoms with E-state index < -0.39 is 66.7 Å². The zero-order valence-corrected chi connectivity index (χ0v) is 15.7. The first kappa shape index (κ1) is 21.1. The number of fused-ring (bicyclic) bond motifs is 1. The lowest BCUT2D eigenvalue weighted by atomic mass is 9.86. The molecule has 9 N–H and O–H groups in total. The van der Waals surface area contributed by atoms with Gasteiger partial charge in [-0.25, -0.2) is 4.98 Å². The van der Waals surface area contributed by atoms with Crippen molar-refractivity contribution in [3.05, 3.63) is 16.7 Å². The Morgan fingerprint density at radius 2 is 1.90 bits per heavy atom. The molecule has 30 heavy (non-hydrogen) atoms. The Labute approximate surface area is 168 Å². The van der Waals surface area contributed by atoms with E-state index >= 15 is 0 Å². The lowest BCUT2D eigenvalue weighted by molar-refractivity contribution is -0.303. The maximum Gasteiger partial charge on any atom is 0.280 e. The van der Waals surface area contributed by atoms with Crippen molar-refractivity contribution in [3.63, 3.8) is 0 Å². The van der Waals surface area contributed by atoms with Crippen LogP contribution >= 0.6 is 0 Å². The molecular formula is C16H23N5O9. The predicted molar refractivity (Wildman–Crippen MR) is 96.9 cm³/mol. The molecule has 2 aliphatic heterocycles. The van der Waals surface area contributed by atoms with Gasteiger partial charge in [-0.2, -0.15) is 4.98 Å². The third kappa shape index (κ3) is 2.77. The lowest BCUT2D eigenvalue weighted by Gasteiger charge is -2.48. The van der Waals surface area contributed by atoms with E-state index in [9.17, 15) is 35.4 Å². The van der Waals surface area contributed by atoms with Crippen molar-refractivity contribution in [2.45, 2.75) is 61.5 Å². The zero-order valence-electron chi connectivity index (χ0n) is 15.7. The SMILES string of the molecule is C[C@@H]1OC([C@@]2(n3cnc4c(=O)[nH]c(N)nc43)O[C@H](CO)[C@@H](O)[C@H]2O)[C@@H](O)[C@H](O)[C@@H]1O. The highest BCUT2D eigenvalue weighted by Crippen LogP contribution is 2.44. The Kier molecular flexibility index (Phi) is 5.06. The number of aromatic nitrogens is 4. The number of aliphatic hydroxyl groups is 6. The summed E-state index contributed by atoms with van der Waals surface area (Å²) in [4.78, 5) is 22.4. The summed E-state index contributed by atoms with van der Waals surface area (Å²) >= 11 is 0. The Bertz CT molecular complexity index is 997. The van der Waals surface area contributed by atoms with Gasteiger partial charge in [-0.1, -0.05) is 0 Å². The molecule has 0 spiro atoms. The molecule has 2 aliphatic rings. The van der Waals surface area contributed by atoms with Gasteiger partial charge in [0.15, 0.2) is 11.2 Å². The van der Waals surface area contributed by atoms with E-state index in [-0.39, 0.29) is 17.1 Å². The predicted octanol–water partition coefficient (Wildman–Crippen LogP) is -4.66. The number of aromatic amines is 1. The number of rotatable bonds is 3. The van der Waals surface area contributed by atoms with E-state index in [0.29, 0.717) is 0 Å². The van der Waals surface area contributed by atoms with E-state index in [4.69, 9.17) is 15.2 Å². The highest BCUT2D eigenvalue weighted by molar-refractivity contribution is 5.71. The fourth-order valence-corrected chi connectivity index (χ4v) is 4.12. The van der Waals surface area contributed by atoms with E-state index in [1.807, 2.05) is 0 Å². The topological polar surface area (TPSA) is 229 Å². The summed E-state index contributed by atoms with van der Waals surface area (Å²) in [5, 5.41) is 62.0. The number of nitrogen functional groups attached to an aromatic ring is 1. The average Bonchev–Trinajstić information content (AvgIpc) is 3.24. The number of ether oxygens (including phenoxy) is 2. The maximum atomic E-state index is 12.2. The number of nitrogens with two attached hydrogens (primary N) is 1. The minimum absolute atomic E-state index is 0.162. The van der Waals surface area contributed by atoms with Gasteiger partial charge in [0.25, 0.3) is 5.56 Å². The van der Waals surface area contributed by atoms with Crippen molar-refractivity contribution in [1.29, 1.82) is 0 Å². The van der Waals surface area contributed by atoms with Crippen molar-refractivity contribution >= 4 is 17.1 Å². The summed E-state index contributed by atoms with van der Waals surface area (Å²) in [6.07, 6.45) is -11.2. The van der Waals surface area contributed by atoms with Gasteiger partial charge in [0.2, 0.25) is 11.7 Å². The molecule has 4 heterocycles. The molecule has 0 aromatic carbocycles. The molecule has 2 aromatic heterocycles. The van der Waals surface area contributed by atoms with Crippen LogP contribution in [0.2, 0.25) is 0 Å². The summed E-state index contributed by atoms with van der Waals surface area (Å²) < 4.78 is 12.5. The van der Waals surface area contributed by atoms with Gasteiger partial charge in [0.1, 0.15) is 42.7 Å². The Hall–Kier alpha value is -2.17. The van der Waals surface area contributed by atoms with E-state index in [0.717, 1.165) is 10.9 Å². The van der Waals surface area contributed by atoms with Crippen molar-refractivity contribution in [3.8, 4) is 0 Å². The smallest absolute Gasteiger partial charge is 0.280 e. The first-order chi connectivity index (χ1) is 14.1. The number of nitrogens with one attached hydrogen (secondary N) is 1. The van der Waals surface area contributed by atoms with Crippen LogP contribution < -0.4 is 11.3 Å². The molecule has 0 saturated carbocycles. The number of anilines is 1. The maximum absolute atomic E-state index is 12.2. The van der Waals surface area contributed by atoms with Crippen molar-refractivity contribution in [2.24, 2.45) is 0 Å². The van der Waals surface area contributed by atoms with Crippen LogP contribution in [-0.2, 0) is 15.2 Å². The number of aliphatic hydroxyl groups excluding tert-OH is 6. The molecule has 1 unspecified atom stereocenters. The summed E-state index contributed by atoms with van der Waals surface area (Å²) in [6, 6.07) is 0. The second kappa shape index (κ2) is 7.21. The van der Waals surface area contributed by atoms with Gasteiger partial charge < -0.3 is 45.8 Å². The third-order valence-corrected chi connectivity index (χ3v) is 5.71. The Morgan fingerprint density at radius 3 is 2.53 bits per heavy atom. The van der Waals surface area contributed by atoms with Gasteiger partial charge >= 0.3 is 0 Å². The van der Waals surface area contributed by atoms with E-state index in [1.165, 1.54) is 6.92 Å². The fourth-order valence-electron chi connectivity index (χ4n) is 4.12. The first-order valence-electron chi connectivity index (χ1n) is 9.21. The molecule has 2 fully saturated rings. The monoisotopic (exact) mass is 429 g/mol. The van der Waals surface area contributed by atoms with Crippen LogP contribution in [0.4, 0.5) is 5.95 Å². The third-order valence-electron chi connectivity index (χ3n) is 5.71. The molecule has 4 rings (SSSR count). The molecule has 2 aromatic rings. The van der Waals surface area contributed by atoms with Gasteiger partial charge in [0.05, 0.1) is 19.0 Å². The van der Waals surface area contributed by atoms with Crippen LogP contribution in [0.15, 0.2) is 11.1 Å². The molecule has 0 amide bonds. The summed E-state index contributed by atoms with van der Waals surface area (Å²) in [6.45, 7) is 0.723. The number of hydrogen-bond acceptors (Lipinski definition) is 12. The van der Waals surface area contributed by atoms with Crippen LogP contribution in [0.3, 0.4) is 0 Å². The number of hydrogen-bond donors (Lipinski definition) is 8. The van der Waals surface area contributed by atoms with Gasteiger partial charge in [-0.15, -0.1) is 0 Å². The minimum Gasteiger partial charge on any atom is -0.394 e. The molecule has 0 radical (unpaired) electrons. The molecule has 0 aliphatic carbocycles. The normalized spacial score (nSPS) is 42.1. The highest BCUT2D eigenvalue weighted by Gasteiger charge is 2.65. The van der Waals surface area contributed by atoms with Crippen molar-refractivity contribution in [1.82, 2.24) is 19.5 Å². The summed E-state index contributed by atoms with van der Waals surface area (Å²) in [5.41, 5.74) is 2.40. The van der Waals surface area contributed by atoms with Gasteiger partial charge in [0, 0.05) is 0 Å². The molecule has 9 atom stereocenters. The van der Waals surface area contributed by atoms with Crippen LogP contribution in [0.25, 0.3) is 11.2 Å². The molecule has 14 heteroatoms. The van der Waals surface area contributed by atoms with Crippen LogP contribution in [-0.4, -0.2) is 106 Å². The first-order valence-corrected chi connectivity index (χ1v) is 9.21. The van der Waals surface area contributed by atoms with E-state index in [2.05, 4.69) is 15.0 Å². The summed E-state index contributed by atoms with van der Waals surface area (Å²) in [7, 11) is 0. The highest BCUT2D eigenvalue weighted by atomic mass is 16.6. The average molecular weight is 429 g/mol. The van der Waals surface area contributed by atoms with Crippen molar-refractivity contribution < 1.29 is 40.1 Å². The largest absolute Gasteiger partial charge is 0.394 e. The van der Waals surface area contributed by atoms with Crippen LogP contribution in [0.1, 0.15) is 6.92 Å². The Balaban J connectivity index is 1.96. The minimum atomic E-state index is -2.19. The standard InChI is InChI=1S/C16H23N5O9/c1-4-7(23)9(25)10(26)12(29-4)16(11(27)8(24)5(2-22)30-16)21-3-18-6-13(21)19-15(17)20-14(6)28/h3-5,7-12,22-27H,2H2,1H3,(H3,17,19,20,28)/t4-,5+,7+,8+,9+,10-,11+,12?,16-/m0/s1. The van der Waals surface area contributed by atoms with Crippen molar-refractivity contribution in [2.75, 3.05) is 12.3 Å². The zero-order chi connectivity index (χ0) is 22.0. The van der Waals surface area contributed by atoms with Crippen LogP contribution in [0.5, 0.6) is 0 Å². The summed E-state index contributed by atoms with van der Waals surface area (Å²) in [5.74, 6) is -0.273. The van der Waals surface area contributed by atoms with E-state index in [1.54, 1.807) is 0 Å². The lowest BCUT2D eigenvalue weighted by Crippen LogP contribution is -2.67. The quantitative estimate of drug-likeness (QED) is 0.230. The van der Waals surface area contributed by atoms with Gasteiger partial charge in [-0.05, 0) is 6.92 Å². The Morgan fingerprint density at radius 1 is 1.20 bits per heavy atom. The number of nitrogens with zero attached hydrogens (tertiary/aromatic N) is 3. The van der Waals surface area contributed by atoms with Crippen LogP contribution in [0, 0.1) is 0 Å². The molecule has 0 bridgehead atoms. The molecule has 166 valence electrons. The number of imidazole rings is 1. The molecule has 14 nitrogen and oxygen atoms in total.